The fourth-order valence-corrected chi connectivity index (χ4v) is 2.50. The van der Waals surface area contributed by atoms with E-state index in [1.54, 1.807) is 30.3 Å². The van der Waals surface area contributed by atoms with E-state index < -0.39 is 11.9 Å². The molecule has 0 fully saturated rings. The number of anilines is 1. The number of hydrogen-bond acceptors (Lipinski definition) is 6. The second kappa shape index (κ2) is 8.30. The van der Waals surface area contributed by atoms with Crippen LogP contribution in [0.5, 0.6) is 11.5 Å². The monoisotopic (exact) mass is 385 g/mol. The maximum absolute atomic E-state index is 12.3. The third-order valence-electron chi connectivity index (χ3n) is 3.79. The lowest BCUT2D eigenvalue weighted by atomic mass is 10.3. The average molecular weight is 385 g/mol. The zero-order valence-electron chi connectivity index (χ0n) is 15.3. The Morgan fingerprint density at radius 2 is 1.82 bits per heavy atom. The first-order valence-corrected chi connectivity index (χ1v) is 8.49. The lowest BCUT2D eigenvalue weighted by Crippen LogP contribution is -2.15. The summed E-state index contributed by atoms with van der Waals surface area (Å²) in [5.41, 5.74) is -0.0393. The van der Waals surface area contributed by atoms with Crippen molar-refractivity contribution in [2.75, 3.05) is 11.9 Å². The van der Waals surface area contributed by atoms with Gasteiger partial charge in [-0.05, 0) is 43.3 Å². The summed E-state index contributed by atoms with van der Waals surface area (Å²) in [4.78, 5) is 23.5. The number of nitrogens with one attached hydrogen (secondary N) is 1. The number of ether oxygens (including phenoxy) is 2. The average Bonchev–Trinajstić information content (AvgIpc) is 3.28. The fourth-order valence-electron chi connectivity index (χ4n) is 2.50. The van der Waals surface area contributed by atoms with Crippen LogP contribution in [0.15, 0.2) is 47.0 Å². The summed E-state index contributed by atoms with van der Waals surface area (Å²) in [5, 5.41) is 15.5. The number of carbonyl (C=O) groups excluding carboxylic acids is 1. The van der Waals surface area contributed by atoms with Crippen LogP contribution in [0.4, 0.5) is 5.69 Å². The summed E-state index contributed by atoms with van der Waals surface area (Å²) in [6, 6.07) is 10.3. The summed E-state index contributed by atoms with van der Waals surface area (Å²) < 4.78 is 17.6. The number of benzene rings is 1. The molecule has 2 N–H and O–H groups in total. The molecule has 0 aliphatic heterocycles. The second-order valence-corrected chi connectivity index (χ2v) is 5.75. The van der Waals surface area contributed by atoms with E-state index in [4.69, 9.17) is 13.9 Å². The van der Waals surface area contributed by atoms with Crippen LogP contribution in [0.3, 0.4) is 0 Å². The fraction of sp³-hybridized carbons (Fsp3) is 0.211. The molecule has 0 spiro atoms. The summed E-state index contributed by atoms with van der Waals surface area (Å²) >= 11 is 0. The molecule has 1 aromatic carbocycles. The van der Waals surface area contributed by atoms with Gasteiger partial charge in [-0.15, -0.1) is 0 Å². The number of carboxylic acid groups (broad SMARTS) is 1. The van der Waals surface area contributed by atoms with Crippen molar-refractivity contribution in [3.8, 4) is 11.5 Å². The van der Waals surface area contributed by atoms with Crippen LogP contribution in [0.25, 0.3) is 0 Å². The second-order valence-electron chi connectivity index (χ2n) is 5.75. The van der Waals surface area contributed by atoms with Crippen molar-refractivity contribution in [3.63, 3.8) is 0 Å². The van der Waals surface area contributed by atoms with Gasteiger partial charge in [-0.1, -0.05) is 0 Å². The maximum atomic E-state index is 12.3. The Morgan fingerprint density at radius 1 is 1.14 bits per heavy atom. The number of aromatic carboxylic acids is 1. The number of carbonyl (C=O) groups is 2. The SMILES string of the molecule is CCOc1ccc(OCc2ccc(C(=O)Nc3cnn(C)c3C(=O)O)o2)cc1. The summed E-state index contributed by atoms with van der Waals surface area (Å²) in [7, 11) is 1.47. The van der Waals surface area contributed by atoms with Crippen LogP contribution in [-0.2, 0) is 13.7 Å². The minimum atomic E-state index is -1.20. The van der Waals surface area contributed by atoms with Crippen molar-refractivity contribution in [1.82, 2.24) is 9.78 Å². The summed E-state index contributed by atoms with van der Waals surface area (Å²) in [6.07, 6.45) is 1.26. The van der Waals surface area contributed by atoms with Crippen LogP contribution in [-0.4, -0.2) is 33.4 Å². The molecule has 28 heavy (non-hydrogen) atoms. The van der Waals surface area contributed by atoms with Gasteiger partial charge in [0, 0.05) is 7.05 Å². The molecule has 0 unspecified atom stereocenters. The van der Waals surface area contributed by atoms with E-state index in [9.17, 15) is 14.7 Å². The first kappa shape index (κ1) is 19.0. The van der Waals surface area contributed by atoms with Gasteiger partial charge in [-0.2, -0.15) is 5.10 Å². The quantitative estimate of drug-likeness (QED) is 0.612. The smallest absolute Gasteiger partial charge is 0.356 e. The Hall–Kier alpha value is -3.75. The Kier molecular flexibility index (Phi) is 5.64. The van der Waals surface area contributed by atoms with Gasteiger partial charge >= 0.3 is 5.97 Å². The van der Waals surface area contributed by atoms with E-state index >= 15 is 0 Å². The van der Waals surface area contributed by atoms with Crippen LogP contribution in [0.2, 0.25) is 0 Å². The number of rotatable bonds is 8. The first-order chi connectivity index (χ1) is 13.5. The topological polar surface area (TPSA) is 116 Å². The molecule has 0 atom stereocenters. The number of aryl methyl sites for hydroxylation is 1. The number of nitrogens with zero attached hydrogens (tertiary/aromatic N) is 2. The minimum Gasteiger partial charge on any atom is -0.494 e. The van der Waals surface area contributed by atoms with Gasteiger partial charge in [-0.25, -0.2) is 4.79 Å². The van der Waals surface area contributed by atoms with Crippen LogP contribution >= 0.6 is 0 Å². The van der Waals surface area contributed by atoms with Crippen LogP contribution in [0, 0.1) is 0 Å². The third kappa shape index (κ3) is 4.32. The Bertz CT molecular complexity index is 974. The van der Waals surface area contributed by atoms with E-state index in [1.165, 1.54) is 19.3 Å². The standard InChI is InChI=1S/C19H19N3O6/c1-3-26-12-4-6-13(7-5-12)27-11-14-8-9-16(28-14)18(23)21-15-10-20-22(2)17(15)19(24)25/h4-10H,3,11H2,1-2H3,(H,21,23)(H,24,25). The zero-order chi connectivity index (χ0) is 20.1. The molecule has 0 aliphatic rings. The van der Waals surface area contributed by atoms with Crippen molar-refractivity contribution in [2.45, 2.75) is 13.5 Å². The van der Waals surface area contributed by atoms with E-state index in [1.807, 2.05) is 6.92 Å². The molecule has 9 nitrogen and oxygen atoms in total. The molecule has 2 aromatic heterocycles. The number of amides is 1. The van der Waals surface area contributed by atoms with Crippen molar-refractivity contribution in [2.24, 2.45) is 7.05 Å². The van der Waals surface area contributed by atoms with Gasteiger partial charge in [-0.3, -0.25) is 9.48 Å². The summed E-state index contributed by atoms with van der Waals surface area (Å²) in [5.74, 6) is 0.0893. The lowest BCUT2D eigenvalue weighted by Gasteiger charge is -2.06. The maximum Gasteiger partial charge on any atom is 0.356 e. The molecule has 2 heterocycles. The molecule has 146 valence electrons. The highest BCUT2D eigenvalue weighted by Gasteiger charge is 2.20. The third-order valence-corrected chi connectivity index (χ3v) is 3.79. The van der Waals surface area contributed by atoms with E-state index in [-0.39, 0.29) is 23.7 Å². The van der Waals surface area contributed by atoms with Crippen molar-refractivity contribution in [3.05, 3.63) is 59.8 Å². The molecule has 3 aromatic rings. The van der Waals surface area contributed by atoms with Gasteiger partial charge in [0.2, 0.25) is 0 Å². The highest BCUT2D eigenvalue weighted by atomic mass is 16.5. The van der Waals surface area contributed by atoms with Gasteiger partial charge in [0.1, 0.15) is 23.9 Å². The van der Waals surface area contributed by atoms with E-state index in [2.05, 4.69) is 10.4 Å². The molecule has 9 heteroatoms. The molecule has 0 saturated heterocycles. The van der Waals surface area contributed by atoms with Gasteiger partial charge < -0.3 is 24.3 Å². The predicted molar refractivity (Wildman–Crippen MR) is 98.8 cm³/mol. The Morgan fingerprint density at radius 3 is 2.46 bits per heavy atom. The van der Waals surface area contributed by atoms with E-state index in [0.29, 0.717) is 18.1 Å². The largest absolute Gasteiger partial charge is 0.494 e. The molecule has 0 bridgehead atoms. The highest BCUT2D eigenvalue weighted by molar-refractivity contribution is 6.05. The highest BCUT2D eigenvalue weighted by Crippen LogP contribution is 2.20. The molecule has 0 aliphatic carbocycles. The number of aromatic nitrogens is 2. The van der Waals surface area contributed by atoms with Gasteiger partial charge in [0.15, 0.2) is 11.5 Å². The number of carboxylic acids is 1. The van der Waals surface area contributed by atoms with Crippen molar-refractivity contribution >= 4 is 17.6 Å². The number of furan rings is 1. The first-order valence-electron chi connectivity index (χ1n) is 8.49. The van der Waals surface area contributed by atoms with Crippen molar-refractivity contribution < 1.29 is 28.6 Å². The molecule has 0 saturated carbocycles. The van der Waals surface area contributed by atoms with Gasteiger partial charge in [0.05, 0.1) is 18.5 Å². The van der Waals surface area contributed by atoms with Gasteiger partial charge in [0.25, 0.3) is 5.91 Å². The molecule has 0 radical (unpaired) electrons. The lowest BCUT2D eigenvalue weighted by molar-refractivity contribution is 0.0686. The van der Waals surface area contributed by atoms with Crippen molar-refractivity contribution in [1.29, 1.82) is 0 Å². The molecule has 3 rings (SSSR count). The van der Waals surface area contributed by atoms with E-state index in [0.717, 1.165) is 10.4 Å². The zero-order valence-corrected chi connectivity index (χ0v) is 15.3. The minimum absolute atomic E-state index is 0.0329. The predicted octanol–water partition coefficient (Wildman–Crippen LogP) is 2.94. The van der Waals surface area contributed by atoms with Crippen LogP contribution < -0.4 is 14.8 Å². The summed E-state index contributed by atoms with van der Waals surface area (Å²) in [6.45, 7) is 2.63. The molecular weight excluding hydrogens is 366 g/mol. The Balaban J connectivity index is 1.60. The normalized spacial score (nSPS) is 10.5. The Labute approximate surface area is 160 Å². The molecular formula is C19H19N3O6. The molecule has 1 amide bonds. The number of hydrogen-bond donors (Lipinski definition) is 2. The van der Waals surface area contributed by atoms with Crippen LogP contribution in [0.1, 0.15) is 33.7 Å².